The molecule has 0 aromatic carbocycles. The van der Waals surface area contributed by atoms with Crippen LogP contribution in [-0.2, 0) is 0 Å². The summed E-state index contributed by atoms with van der Waals surface area (Å²) in [5, 5.41) is 0. The van der Waals surface area contributed by atoms with Gasteiger partial charge < -0.3 is 0 Å². The third kappa shape index (κ3) is 2.80. The van der Waals surface area contributed by atoms with Gasteiger partial charge in [0.1, 0.15) is 0 Å². The number of halogens is 2. The Morgan fingerprint density at radius 3 is 2.54 bits per heavy atom. The molecule has 0 spiro atoms. The summed E-state index contributed by atoms with van der Waals surface area (Å²) in [6.45, 7) is 6.66. The van der Waals surface area contributed by atoms with Crippen LogP contribution in [0.4, 0.5) is 0 Å². The molecule has 0 nitrogen and oxygen atoms in total. The van der Waals surface area contributed by atoms with Gasteiger partial charge in [0, 0.05) is 14.2 Å². The lowest BCUT2D eigenvalue weighted by molar-refractivity contribution is 0.559. The van der Waals surface area contributed by atoms with Gasteiger partial charge >= 0.3 is 0 Å². The second-order valence-corrected chi connectivity index (χ2v) is 6.49. The van der Waals surface area contributed by atoms with E-state index in [9.17, 15) is 0 Å². The van der Waals surface area contributed by atoms with Crippen molar-refractivity contribution in [3.05, 3.63) is 20.3 Å². The van der Waals surface area contributed by atoms with Gasteiger partial charge in [-0.15, -0.1) is 11.3 Å². The average molecular weight is 326 g/mol. The quantitative estimate of drug-likeness (QED) is 0.661. The standard InChI is InChI=1S/C10H14Br2S/c1-4-6(2)9(12)10-8(11)5-7(3)13-10/h5-6,9H,4H2,1-3H3. The van der Waals surface area contributed by atoms with Crippen molar-refractivity contribution in [3.8, 4) is 0 Å². The van der Waals surface area contributed by atoms with Crippen molar-refractivity contribution in [2.75, 3.05) is 0 Å². The van der Waals surface area contributed by atoms with E-state index in [4.69, 9.17) is 0 Å². The molecule has 0 radical (unpaired) electrons. The molecule has 2 atom stereocenters. The molecule has 2 unspecified atom stereocenters. The van der Waals surface area contributed by atoms with Gasteiger partial charge in [-0.3, -0.25) is 0 Å². The van der Waals surface area contributed by atoms with Gasteiger partial charge in [-0.05, 0) is 34.8 Å². The zero-order valence-corrected chi connectivity index (χ0v) is 12.1. The first-order chi connectivity index (χ1) is 6.06. The van der Waals surface area contributed by atoms with Gasteiger partial charge in [-0.25, -0.2) is 0 Å². The van der Waals surface area contributed by atoms with E-state index in [1.165, 1.54) is 20.6 Å². The number of hydrogen-bond acceptors (Lipinski definition) is 1. The Bertz CT molecular complexity index is 280. The molecule has 0 aliphatic heterocycles. The minimum Gasteiger partial charge on any atom is -0.143 e. The molecule has 13 heavy (non-hydrogen) atoms. The lowest BCUT2D eigenvalue weighted by Crippen LogP contribution is -2.00. The summed E-state index contributed by atoms with van der Waals surface area (Å²) in [6.07, 6.45) is 1.21. The number of alkyl halides is 1. The van der Waals surface area contributed by atoms with Gasteiger partial charge in [0.2, 0.25) is 0 Å². The van der Waals surface area contributed by atoms with E-state index in [2.05, 4.69) is 58.7 Å². The minimum absolute atomic E-state index is 0.491. The number of aryl methyl sites for hydroxylation is 1. The van der Waals surface area contributed by atoms with Crippen molar-refractivity contribution in [1.29, 1.82) is 0 Å². The minimum atomic E-state index is 0.491. The van der Waals surface area contributed by atoms with Crippen molar-refractivity contribution in [3.63, 3.8) is 0 Å². The van der Waals surface area contributed by atoms with Gasteiger partial charge in [-0.1, -0.05) is 36.2 Å². The highest BCUT2D eigenvalue weighted by atomic mass is 79.9. The van der Waals surface area contributed by atoms with Crippen LogP contribution < -0.4 is 0 Å². The SMILES string of the molecule is CCC(C)C(Br)c1sc(C)cc1Br. The van der Waals surface area contributed by atoms with Crippen LogP contribution in [0, 0.1) is 12.8 Å². The van der Waals surface area contributed by atoms with Crippen molar-refractivity contribution in [2.45, 2.75) is 32.0 Å². The predicted molar refractivity (Wildman–Crippen MR) is 67.9 cm³/mol. The fraction of sp³-hybridized carbons (Fsp3) is 0.600. The smallest absolute Gasteiger partial charge is 0.0526 e. The maximum atomic E-state index is 3.76. The molecule has 1 rings (SSSR count). The number of rotatable bonds is 3. The summed E-state index contributed by atoms with van der Waals surface area (Å²) in [5.41, 5.74) is 0. The maximum absolute atomic E-state index is 3.76. The zero-order valence-electron chi connectivity index (χ0n) is 8.10. The predicted octanol–water partition coefficient (Wildman–Crippen LogP) is 5.30. The molecule has 3 heteroatoms. The fourth-order valence-electron chi connectivity index (χ4n) is 1.15. The normalized spacial score (nSPS) is 15.8. The molecule has 0 fully saturated rings. The lowest BCUT2D eigenvalue weighted by Gasteiger charge is -2.15. The molecule has 1 aromatic rings. The highest BCUT2D eigenvalue weighted by Crippen LogP contribution is 2.41. The van der Waals surface area contributed by atoms with Crippen LogP contribution >= 0.6 is 43.2 Å². The molecule has 74 valence electrons. The first-order valence-electron chi connectivity index (χ1n) is 4.46. The molecular formula is C10H14Br2S. The Kier molecular flexibility index (Phi) is 4.46. The Morgan fingerprint density at radius 2 is 2.15 bits per heavy atom. The van der Waals surface area contributed by atoms with Gasteiger partial charge in [0.05, 0.1) is 4.83 Å². The first kappa shape index (κ1) is 11.7. The monoisotopic (exact) mass is 324 g/mol. The zero-order chi connectivity index (χ0) is 10.0. The van der Waals surface area contributed by atoms with E-state index in [0.717, 1.165) is 0 Å². The summed E-state index contributed by atoms with van der Waals surface area (Å²) in [6, 6.07) is 2.19. The molecule has 0 N–H and O–H groups in total. The highest BCUT2D eigenvalue weighted by molar-refractivity contribution is 9.11. The second-order valence-electron chi connectivity index (χ2n) is 3.36. The van der Waals surface area contributed by atoms with Crippen molar-refractivity contribution in [1.82, 2.24) is 0 Å². The van der Waals surface area contributed by atoms with E-state index < -0.39 is 0 Å². The molecule has 0 saturated carbocycles. The molecule has 0 bridgehead atoms. The Hall–Kier alpha value is 0.660. The topological polar surface area (TPSA) is 0 Å². The molecule has 0 amide bonds. The van der Waals surface area contributed by atoms with E-state index in [1.54, 1.807) is 0 Å². The Labute approximate surface area is 101 Å². The molecule has 0 aliphatic carbocycles. The number of hydrogen-bond donors (Lipinski definition) is 0. The van der Waals surface area contributed by atoms with E-state index in [0.29, 0.717) is 10.7 Å². The molecule has 1 heterocycles. The lowest BCUT2D eigenvalue weighted by atomic mass is 10.0. The first-order valence-corrected chi connectivity index (χ1v) is 6.98. The largest absolute Gasteiger partial charge is 0.143 e. The van der Waals surface area contributed by atoms with Gasteiger partial charge in [0.15, 0.2) is 0 Å². The maximum Gasteiger partial charge on any atom is 0.0526 e. The number of thiophene rings is 1. The van der Waals surface area contributed by atoms with E-state index in [1.807, 2.05) is 11.3 Å². The second kappa shape index (κ2) is 4.94. The van der Waals surface area contributed by atoms with Crippen LogP contribution in [-0.4, -0.2) is 0 Å². The highest BCUT2D eigenvalue weighted by Gasteiger charge is 2.19. The molecule has 1 aromatic heterocycles. The van der Waals surface area contributed by atoms with Crippen molar-refractivity contribution < 1.29 is 0 Å². The van der Waals surface area contributed by atoms with E-state index >= 15 is 0 Å². The molecule has 0 aliphatic rings. The van der Waals surface area contributed by atoms with Crippen LogP contribution in [0.15, 0.2) is 10.5 Å². The van der Waals surface area contributed by atoms with Crippen LogP contribution in [0.25, 0.3) is 0 Å². The molecule has 0 saturated heterocycles. The fourth-order valence-corrected chi connectivity index (χ4v) is 4.37. The summed E-state index contributed by atoms with van der Waals surface area (Å²) in [7, 11) is 0. The van der Waals surface area contributed by atoms with Crippen molar-refractivity contribution >= 4 is 43.2 Å². The van der Waals surface area contributed by atoms with Gasteiger partial charge in [-0.2, -0.15) is 0 Å². The third-order valence-electron chi connectivity index (χ3n) is 2.23. The summed E-state index contributed by atoms with van der Waals surface area (Å²) in [4.78, 5) is 3.28. The molecular weight excluding hydrogens is 312 g/mol. The van der Waals surface area contributed by atoms with E-state index in [-0.39, 0.29) is 0 Å². The van der Waals surface area contributed by atoms with Crippen LogP contribution in [0.3, 0.4) is 0 Å². The Balaban J connectivity index is 2.87. The van der Waals surface area contributed by atoms with Crippen LogP contribution in [0.5, 0.6) is 0 Å². The Morgan fingerprint density at radius 1 is 1.54 bits per heavy atom. The van der Waals surface area contributed by atoms with Crippen LogP contribution in [0.1, 0.15) is 34.8 Å². The van der Waals surface area contributed by atoms with Crippen molar-refractivity contribution in [2.24, 2.45) is 5.92 Å². The van der Waals surface area contributed by atoms with Gasteiger partial charge in [0.25, 0.3) is 0 Å². The van der Waals surface area contributed by atoms with Crippen LogP contribution in [0.2, 0.25) is 0 Å². The average Bonchev–Trinajstić information content (AvgIpc) is 2.42. The third-order valence-corrected chi connectivity index (χ3v) is 5.95. The summed E-state index contributed by atoms with van der Waals surface area (Å²) in [5.74, 6) is 0.689. The summed E-state index contributed by atoms with van der Waals surface area (Å²) >= 11 is 9.22. The summed E-state index contributed by atoms with van der Waals surface area (Å²) < 4.78 is 1.25.